The number of nitrogens with zero attached hydrogens (tertiary/aromatic N) is 1. The molecule has 0 aliphatic carbocycles. The maximum absolute atomic E-state index is 11.4. The van der Waals surface area contributed by atoms with Crippen molar-refractivity contribution in [3.63, 3.8) is 0 Å². The first-order valence-electron chi connectivity index (χ1n) is 4.11. The maximum Gasteiger partial charge on any atom is 0.176 e. The first-order chi connectivity index (χ1) is 6.81. The van der Waals surface area contributed by atoms with Gasteiger partial charge in [-0.05, 0) is 17.5 Å². The Balaban J connectivity index is 2.44. The molecule has 0 aromatic carbocycles. The number of ketones is 1. The fourth-order valence-corrected chi connectivity index (χ4v) is 1.97. The van der Waals surface area contributed by atoms with Gasteiger partial charge < -0.3 is 0 Å². The predicted octanol–water partition coefficient (Wildman–Crippen LogP) is 2.50. The van der Waals surface area contributed by atoms with E-state index in [1.807, 2.05) is 17.5 Å². The highest BCUT2D eigenvalue weighted by atomic mass is 32.1. The van der Waals surface area contributed by atoms with Gasteiger partial charge in [-0.15, -0.1) is 17.8 Å². The average molecular weight is 201 g/mol. The summed E-state index contributed by atoms with van der Waals surface area (Å²) in [7, 11) is 0. The smallest absolute Gasteiger partial charge is 0.176 e. The summed E-state index contributed by atoms with van der Waals surface area (Å²) in [5, 5.41) is 1.95. The minimum absolute atomic E-state index is 0.0460. The number of hydrogen-bond acceptors (Lipinski definition) is 3. The number of hydrogen-bond donors (Lipinski definition) is 0. The van der Waals surface area contributed by atoms with Crippen molar-refractivity contribution in [3.8, 4) is 12.3 Å². The van der Waals surface area contributed by atoms with Crippen LogP contribution in [0.3, 0.4) is 0 Å². The molecule has 2 nitrogen and oxygen atoms in total. The van der Waals surface area contributed by atoms with E-state index in [-0.39, 0.29) is 12.2 Å². The van der Waals surface area contributed by atoms with E-state index in [1.54, 1.807) is 17.5 Å². The highest BCUT2D eigenvalue weighted by Crippen LogP contribution is 2.19. The molecule has 0 atom stereocenters. The molecule has 0 saturated carbocycles. The Hall–Kier alpha value is -1.66. The first-order valence-corrected chi connectivity index (χ1v) is 4.99. The molecule has 0 aliphatic rings. The van der Waals surface area contributed by atoms with E-state index >= 15 is 0 Å². The fraction of sp³-hybridized carbons (Fsp3) is 0.0909. The standard InChI is InChI=1S/C11H7NOS/c1-2-3-10(13)8-6-11-9(12-7-8)4-5-14-11/h1,4-7H,3H2. The number of rotatable bonds is 2. The molecule has 0 saturated heterocycles. The molecule has 68 valence electrons. The highest BCUT2D eigenvalue weighted by Gasteiger charge is 2.06. The summed E-state index contributed by atoms with van der Waals surface area (Å²) in [5.41, 5.74) is 1.52. The quantitative estimate of drug-likeness (QED) is 0.552. The van der Waals surface area contributed by atoms with Crippen LogP contribution in [0.1, 0.15) is 16.8 Å². The minimum Gasteiger partial charge on any atom is -0.293 e. The van der Waals surface area contributed by atoms with Crippen LogP contribution in [-0.4, -0.2) is 10.8 Å². The Morgan fingerprint density at radius 2 is 2.50 bits per heavy atom. The molecule has 3 heteroatoms. The molecule has 0 spiro atoms. The monoisotopic (exact) mass is 201 g/mol. The molecule has 0 radical (unpaired) electrons. The van der Waals surface area contributed by atoms with Crippen LogP contribution >= 0.6 is 11.3 Å². The van der Waals surface area contributed by atoms with Gasteiger partial charge in [0.25, 0.3) is 0 Å². The second kappa shape index (κ2) is 3.60. The Labute approximate surface area is 85.6 Å². The predicted molar refractivity (Wildman–Crippen MR) is 57.4 cm³/mol. The van der Waals surface area contributed by atoms with Crippen molar-refractivity contribution in [1.82, 2.24) is 4.98 Å². The second-order valence-electron chi connectivity index (χ2n) is 2.83. The van der Waals surface area contributed by atoms with E-state index in [1.165, 1.54) is 0 Å². The minimum atomic E-state index is -0.0460. The summed E-state index contributed by atoms with van der Waals surface area (Å²) in [6.45, 7) is 0. The van der Waals surface area contributed by atoms with Crippen LogP contribution in [0.5, 0.6) is 0 Å². The van der Waals surface area contributed by atoms with Gasteiger partial charge in [-0.2, -0.15) is 0 Å². The zero-order chi connectivity index (χ0) is 9.97. The second-order valence-corrected chi connectivity index (χ2v) is 3.78. The summed E-state index contributed by atoms with van der Waals surface area (Å²) in [6, 6.07) is 3.77. The van der Waals surface area contributed by atoms with Crippen LogP contribution < -0.4 is 0 Å². The van der Waals surface area contributed by atoms with Crippen molar-refractivity contribution >= 4 is 27.3 Å². The van der Waals surface area contributed by atoms with Crippen LogP contribution in [0.4, 0.5) is 0 Å². The van der Waals surface area contributed by atoms with Crippen molar-refractivity contribution < 1.29 is 4.79 Å². The zero-order valence-electron chi connectivity index (χ0n) is 7.36. The molecule has 2 aromatic rings. The number of terminal acetylenes is 1. The highest BCUT2D eigenvalue weighted by molar-refractivity contribution is 7.17. The van der Waals surface area contributed by atoms with E-state index in [4.69, 9.17) is 6.42 Å². The van der Waals surface area contributed by atoms with Gasteiger partial charge in [-0.3, -0.25) is 9.78 Å². The van der Waals surface area contributed by atoms with Crippen molar-refractivity contribution in [3.05, 3.63) is 29.3 Å². The molecule has 2 aromatic heterocycles. The van der Waals surface area contributed by atoms with Crippen molar-refractivity contribution in [2.45, 2.75) is 6.42 Å². The molecular weight excluding hydrogens is 194 g/mol. The molecule has 0 bridgehead atoms. The van der Waals surface area contributed by atoms with Crippen LogP contribution in [0.15, 0.2) is 23.7 Å². The van der Waals surface area contributed by atoms with Gasteiger partial charge >= 0.3 is 0 Å². The molecular formula is C11H7NOS. The summed E-state index contributed by atoms with van der Waals surface area (Å²) in [6.07, 6.45) is 6.79. The summed E-state index contributed by atoms with van der Waals surface area (Å²) < 4.78 is 1.02. The maximum atomic E-state index is 11.4. The number of Topliss-reactive ketones (excluding diaryl/α,β-unsaturated/α-hetero) is 1. The summed E-state index contributed by atoms with van der Waals surface area (Å²) >= 11 is 1.57. The Bertz CT molecular complexity index is 521. The Kier molecular flexibility index (Phi) is 2.30. The van der Waals surface area contributed by atoms with Gasteiger partial charge in [-0.25, -0.2) is 0 Å². The number of aromatic nitrogens is 1. The third-order valence-corrected chi connectivity index (χ3v) is 2.74. The molecule has 0 aliphatic heterocycles. The number of thiophene rings is 1. The Morgan fingerprint density at radius 1 is 1.64 bits per heavy atom. The normalized spacial score (nSPS) is 9.93. The first kappa shape index (κ1) is 8.92. The topological polar surface area (TPSA) is 30.0 Å². The van der Waals surface area contributed by atoms with E-state index in [0.717, 1.165) is 10.2 Å². The largest absolute Gasteiger partial charge is 0.293 e. The van der Waals surface area contributed by atoms with E-state index < -0.39 is 0 Å². The van der Waals surface area contributed by atoms with Gasteiger partial charge in [0.05, 0.1) is 16.6 Å². The molecule has 0 unspecified atom stereocenters. The number of carbonyl (C=O) groups excluding carboxylic acids is 1. The molecule has 2 heterocycles. The number of carbonyl (C=O) groups is 1. The van der Waals surface area contributed by atoms with Crippen LogP contribution in [0.25, 0.3) is 10.2 Å². The lowest BCUT2D eigenvalue weighted by Crippen LogP contribution is -1.97. The van der Waals surface area contributed by atoms with Crippen molar-refractivity contribution in [2.75, 3.05) is 0 Å². The fourth-order valence-electron chi connectivity index (χ4n) is 1.19. The van der Waals surface area contributed by atoms with Crippen molar-refractivity contribution in [1.29, 1.82) is 0 Å². The SMILES string of the molecule is C#CCC(=O)c1cnc2ccsc2c1. The molecule has 0 fully saturated rings. The zero-order valence-corrected chi connectivity index (χ0v) is 8.17. The lowest BCUT2D eigenvalue weighted by Gasteiger charge is -1.95. The van der Waals surface area contributed by atoms with Gasteiger partial charge in [0.15, 0.2) is 5.78 Å². The third kappa shape index (κ3) is 1.52. The molecule has 0 N–H and O–H groups in total. The van der Waals surface area contributed by atoms with Crippen molar-refractivity contribution in [2.24, 2.45) is 0 Å². The van der Waals surface area contributed by atoms with Gasteiger partial charge in [0.1, 0.15) is 0 Å². The number of fused-ring (bicyclic) bond motifs is 1. The molecule has 0 amide bonds. The number of pyridine rings is 1. The summed E-state index contributed by atoms with van der Waals surface area (Å²) in [4.78, 5) is 15.6. The van der Waals surface area contributed by atoms with Crippen LogP contribution in [-0.2, 0) is 0 Å². The summed E-state index contributed by atoms with van der Waals surface area (Å²) in [5.74, 6) is 2.29. The van der Waals surface area contributed by atoms with E-state index in [0.29, 0.717) is 5.56 Å². The third-order valence-electron chi connectivity index (χ3n) is 1.89. The van der Waals surface area contributed by atoms with Gasteiger partial charge in [0, 0.05) is 11.8 Å². The lowest BCUT2D eigenvalue weighted by molar-refractivity contribution is 0.0998. The van der Waals surface area contributed by atoms with Crippen LogP contribution in [0.2, 0.25) is 0 Å². The van der Waals surface area contributed by atoms with Gasteiger partial charge in [-0.1, -0.05) is 5.92 Å². The molecule has 14 heavy (non-hydrogen) atoms. The lowest BCUT2D eigenvalue weighted by atomic mass is 10.1. The van der Waals surface area contributed by atoms with Crippen LogP contribution in [0, 0.1) is 12.3 Å². The molecule has 2 rings (SSSR count). The van der Waals surface area contributed by atoms with Gasteiger partial charge in [0.2, 0.25) is 0 Å². The van der Waals surface area contributed by atoms with E-state index in [9.17, 15) is 4.79 Å². The average Bonchev–Trinajstić information content (AvgIpc) is 2.64. The Morgan fingerprint density at radius 3 is 3.29 bits per heavy atom. The van der Waals surface area contributed by atoms with E-state index in [2.05, 4.69) is 10.9 Å².